The third-order valence-corrected chi connectivity index (χ3v) is 1.87. The molecule has 0 bridgehead atoms. The van der Waals surface area contributed by atoms with Crippen LogP contribution in [0.5, 0.6) is 5.75 Å². The summed E-state index contributed by atoms with van der Waals surface area (Å²) in [6, 6.07) is 3.12. The zero-order chi connectivity index (χ0) is 12.8. The molecule has 0 N–H and O–H groups in total. The van der Waals surface area contributed by atoms with Crippen LogP contribution in [0.2, 0.25) is 0 Å². The molecule has 0 atom stereocenters. The standard InChI is InChI=1S/C11H14FNO4/c1-8(2)16-3-4-17-11-6-9(12)5-10(7-11)13(14)15/h5-8H,3-4H2,1-2H3. The van der Waals surface area contributed by atoms with Crippen molar-refractivity contribution in [2.24, 2.45) is 0 Å². The van der Waals surface area contributed by atoms with E-state index >= 15 is 0 Å². The number of hydrogen-bond donors (Lipinski definition) is 0. The second-order valence-electron chi connectivity index (χ2n) is 3.67. The number of hydrogen-bond acceptors (Lipinski definition) is 4. The summed E-state index contributed by atoms with van der Waals surface area (Å²) < 4.78 is 23.4. The van der Waals surface area contributed by atoms with Crippen LogP contribution in [0.25, 0.3) is 0 Å². The van der Waals surface area contributed by atoms with Crippen molar-refractivity contribution < 1.29 is 18.8 Å². The van der Waals surface area contributed by atoms with Crippen molar-refractivity contribution in [1.29, 1.82) is 0 Å². The Hall–Kier alpha value is -1.69. The van der Waals surface area contributed by atoms with E-state index < -0.39 is 10.7 Å². The summed E-state index contributed by atoms with van der Waals surface area (Å²) in [5, 5.41) is 10.5. The number of nitrogens with zero attached hydrogens (tertiary/aromatic N) is 1. The molecule has 0 aliphatic carbocycles. The van der Waals surface area contributed by atoms with E-state index in [0.717, 1.165) is 12.1 Å². The lowest BCUT2D eigenvalue weighted by Gasteiger charge is -2.09. The molecule has 5 nitrogen and oxygen atoms in total. The van der Waals surface area contributed by atoms with E-state index in [1.165, 1.54) is 6.07 Å². The van der Waals surface area contributed by atoms with Crippen LogP contribution in [0.1, 0.15) is 13.8 Å². The Labute approximate surface area is 98.3 Å². The normalized spacial score (nSPS) is 10.6. The molecular weight excluding hydrogens is 229 g/mol. The number of halogens is 1. The molecule has 0 saturated heterocycles. The second kappa shape index (κ2) is 6.15. The Morgan fingerprint density at radius 3 is 2.65 bits per heavy atom. The first-order chi connectivity index (χ1) is 7.99. The van der Waals surface area contributed by atoms with Gasteiger partial charge in [0.05, 0.1) is 29.8 Å². The first-order valence-corrected chi connectivity index (χ1v) is 5.18. The highest BCUT2D eigenvalue weighted by Gasteiger charge is 2.10. The molecule has 1 aromatic carbocycles. The van der Waals surface area contributed by atoms with Crippen molar-refractivity contribution in [3.63, 3.8) is 0 Å². The second-order valence-corrected chi connectivity index (χ2v) is 3.67. The van der Waals surface area contributed by atoms with Crippen LogP contribution < -0.4 is 4.74 Å². The zero-order valence-electron chi connectivity index (χ0n) is 9.68. The Bertz CT molecular complexity index is 395. The van der Waals surface area contributed by atoms with Crippen molar-refractivity contribution >= 4 is 5.69 Å². The minimum atomic E-state index is -0.695. The smallest absolute Gasteiger partial charge is 0.276 e. The lowest BCUT2D eigenvalue weighted by atomic mass is 10.3. The molecule has 0 aliphatic heterocycles. The fourth-order valence-electron chi connectivity index (χ4n) is 1.18. The van der Waals surface area contributed by atoms with Gasteiger partial charge in [-0.3, -0.25) is 10.1 Å². The number of nitro groups is 1. The summed E-state index contributed by atoms with van der Waals surface area (Å²) in [5.41, 5.74) is -0.329. The van der Waals surface area contributed by atoms with Crippen molar-refractivity contribution in [1.82, 2.24) is 0 Å². The molecule has 0 amide bonds. The molecule has 0 radical (unpaired) electrons. The Balaban J connectivity index is 2.56. The van der Waals surface area contributed by atoms with E-state index in [4.69, 9.17) is 9.47 Å². The van der Waals surface area contributed by atoms with E-state index in [2.05, 4.69) is 0 Å². The molecule has 17 heavy (non-hydrogen) atoms. The fourth-order valence-corrected chi connectivity index (χ4v) is 1.18. The van der Waals surface area contributed by atoms with Gasteiger partial charge in [0.1, 0.15) is 18.2 Å². The highest BCUT2D eigenvalue weighted by Crippen LogP contribution is 2.21. The summed E-state index contributed by atoms with van der Waals surface area (Å²) in [5.74, 6) is -0.567. The predicted octanol–water partition coefficient (Wildman–Crippen LogP) is 2.54. The summed E-state index contributed by atoms with van der Waals surface area (Å²) in [4.78, 5) is 9.82. The van der Waals surface area contributed by atoms with Gasteiger partial charge in [-0.1, -0.05) is 0 Å². The summed E-state index contributed by atoms with van der Waals surface area (Å²) in [6.07, 6.45) is 0.0837. The minimum absolute atomic E-state index is 0.0837. The number of non-ortho nitro benzene ring substituents is 1. The molecule has 1 aromatic rings. The van der Waals surface area contributed by atoms with E-state index in [0.29, 0.717) is 6.61 Å². The molecule has 0 aromatic heterocycles. The zero-order valence-corrected chi connectivity index (χ0v) is 9.68. The Morgan fingerprint density at radius 2 is 2.06 bits per heavy atom. The van der Waals surface area contributed by atoms with Crippen LogP contribution in [-0.2, 0) is 4.74 Å². The third kappa shape index (κ3) is 4.78. The monoisotopic (exact) mass is 243 g/mol. The summed E-state index contributed by atoms with van der Waals surface area (Å²) in [7, 11) is 0. The molecule has 1 rings (SSSR count). The molecule has 6 heteroatoms. The minimum Gasteiger partial charge on any atom is -0.491 e. The van der Waals surface area contributed by atoms with Gasteiger partial charge in [-0.05, 0) is 13.8 Å². The van der Waals surface area contributed by atoms with Crippen molar-refractivity contribution in [2.45, 2.75) is 20.0 Å². The van der Waals surface area contributed by atoms with Crippen molar-refractivity contribution in [3.05, 3.63) is 34.1 Å². The molecule has 0 aliphatic rings. The average Bonchev–Trinajstić information content (AvgIpc) is 2.23. The molecule has 0 saturated carbocycles. The van der Waals surface area contributed by atoms with Gasteiger partial charge in [-0.2, -0.15) is 0 Å². The summed E-state index contributed by atoms with van der Waals surface area (Å²) >= 11 is 0. The topological polar surface area (TPSA) is 61.6 Å². The molecule has 94 valence electrons. The highest BCUT2D eigenvalue weighted by molar-refractivity contribution is 5.38. The lowest BCUT2D eigenvalue weighted by Crippen LogP contribution is -2.11. The van der Waals surface area contributed by atoms with Crippen LogP contribution >= 0.6 is 0 Å². The third-order valence-electron chi connectivity index (χ3n) is 1.87. The summed E-state index contributed by atoms with van der Waals surface area (Å²) in [6.45, 7) is 4.33. The number of rotatable bonds is 6. The maximum absolute atomic E-state index is 13.0. The molecule has 0 unspecified atom stereocenters. The lowest BCUT2D eigenvalue weighted by molar-refractivity contribution is -0.385. The van der Waals surface area contributed by atoms with E-state index in [1.807, 2.05) is 13.8 Å². The van der Waals surface area contributed by atoms with Crippen molar-refractivity contribution in [2.75, 3.05) is 13.2 Å². The SMILES string of the molecule is CC(C)OCCOc1cc(F)cc([N+](=O)[O-])c1. The Morgan fingerprint density at radius 1 is 1.35 bits per heavy atom. The van der Waals surface area contributed by atoms with Gasteiger partial charge in [0.2, 0.25) is 0 Å². The fraction of sp³-hybridized carbons (Fsp3) is 0.455. The van der Waals surface area contributed by atoms with Crippen LogP contribution in [0.3, 0.4) is 0 Å². The van der Waals surface area contributed by atoms with Gasteiger partial charge in [-0.15, -0.1) is 0 Å². The highest BCUT2D eigenvalue weighted by atomic mass is 19.1. The quantitative estimate of drug-likeness (QED) is 0.437. The largest absolute Gasteiger partial charge is 0.491 e. The van der Waals surface area contributed by atoms with Gasteiger partial charge in [0.15, 0.2) is 0 Å². The first kappa shape index (κ1) is 13.4. The van der Waals surface area contributed by atoms with Crippen LogP contribution in [0.4, 0.5) is 10.1 Å². The van der Waals surface area contributed by atoms with Gasteiger partial charge in [0.25, 0.3) is 5.69 Å². The number of benzene rings is 1. The maximum atomic E-state index is 13.0. The molecule has 0 fully saturated rings. The molecule has 0 heterocycles. The van der Waals surface area contributed by atoms with E-state index in [9.17, 15) is 14.5 Å². The number of ether oxygens (including phenoxy) is 2. The van der Waals surface area contributed by atoms with Crippen molar-refractivity contribution in [3.8, 4) is 5.75 Å². The predicted molar refractivity (Wildman–Crippen MR) is 59.6 cm³/mol. The number of nitro benzene ring substituents is 1. The average molecular weight is 243 g/mol. The van der Waals surface area contributed by atoms with Gasteiger partial charge in [-0.25, -0.2) is 4.39 Å². The van der Waals surface area contributed by atoms with E-state index in [-0.39, 0.29) is 24.1 Å². The van der Waals surface area contributed by atoms with Gasteiger partial charge < -0.3 is 9.47 Å². The Kier molecular flexibility index (Phi) is 4.84. The maximum Gasteiger partial charge on any atom is 0.276 e. The van der Waals surface area contributed by atoms with Crippen LogP contribution in [0.15, 0.2) is 18.2 Å². The first-order valence-electron chi connectivity index (χ1n) is 5.18. The van der Waals surface area contributed by atoms with E-state index in [1.54, 1.807) is 0 Å². The van der Waals surface area contributed by atoms with Crippen LogP contribution in [0, 0.1) is 15.9 Å². The van der Waals surface area contributed by atoms with Gasteiger partial charge in [0, 0.05) is 6.07 Å². The molecule has 0 spiro atoms. The van der Waals surface area contributed by atoms with Gasteiger partial charge >= 0.3 is 0 Å². The van der Waals surface area contributed by atoms with Crippen LogP contribution in [-0.4, -0.2) is 24.2 Å². The molecular formula is C11H14FNO4.